The minimum absolute atomic E-state index is 0.00425. The van der Waals surface area contributed by atoms with Crippen LogP contribution in [0.4, 0.5) is 27.6 Å². The number of rotatable bonds is 9. The van der Waals surface area contributed by atoms with Gasteiger partial charge in [0.25, 0.3) is 0 Å². The quantitative estimate of drug-likeness (QED) is 0.143. The van der Waals surface area contributed by atoms with Gasteiger partial charge in [-0.25, -0.2) is 13.8 Å². The number of alkyl halides is 3. The summed E-state index contributed by atoms with van der Waals surface area (Å²) < 4.78 is 67.6. The molecule has 0 aliphatic carbocycles. The van der Waals surface area contributed by atoms with Crippen LogP contribution in [0.25, 0.3) is 0 Å². The second-order valence-corrected chi connectivity index (χ2v) is 8.53. The van der Waals surface area contributed by atoms with Gasteiger partial charge in [-0.1, -0.05) is 17.7 Å². The van der Waals surface area contributed by atoms with E-state index < -0.39 is 60.4 Å². The van der Waals surface area contributed by atoms with Crippen molar-refractivity contribution in [1.82, 2.24) is 10.6 Å². The van der Waals surface area contributed by atoms with E-state index in [-0.39, 0.29) is 28.4 Å². The molecule has 4 atom stereocenters. The number of anilines is 1. The van der Waals surface area contributed by atoms with Gasteiger partial charge in [-0.2, -0.15) is 13.2 Å². The molecule has 0 spiro atoms. The molecule has 0 fully saturated rings. The molecule has 0 aromatic heterocycles. The van der Waals surface area contributed by atoms with Crippen LogP contribution < -0.4 is 33.2 Å². The third-order valence-corrected chi connectivity index (χ3v) is 5.33. The highest BCUT2D eigenvalue weighted by atomic mass is 35.5. The Labute approximate surface area is 214 Å². The molecule has 2 aromatic carbocycles. The number of amides is 1. The van der Waals surface area contributed by atoms with Crippen LogP contribution in [0.15, 0.2) is 41.4 Å². The van der Waals surface area contributed by atoms with Crippen LogP contribution in [0, 0.1) is 17.6 Å². The van der Waals surface area contributed by atoms with Crippen molar-refractivity contribution in [2.45, 2.75) is 30.8 Å². The van der Waals surface area contributed by atoms with Crippen molar-refractivity contribution in [3.63, 3.8) is 0 Å². The summed E-state index contributed by atoms with van der Waals surface area (Å²) in [5.41, 5.74) is 17.3. The van der Waals surface area contributed by atoms with E-state index in [1.54, 1.807) is 0 Å². The molecule has 0 bridgehead atoms. The highest BCUT2D eigenvalue weighted by molar-refractivity contribution is 6.31. The number of aromatic hydroxyl groups is 1. The van der Waals surface area contributed by atoms with E-state index in [0.717, 1.165) is 18.2 Å². The van der Waals surface area contributed by atoms with Crippen molar-refractivity contribution in [1.29, 1.82) is 0 Å². The number of nitrogens with zero attached hydrogens (tertiary/aromatic N) is 1. The molecule has 4 unspecified atom stereocenters. The number of carbonyl (C=O) groups excluding carboxylic acids is 1. The highest BCUT2D eigenvalue weighted by Crippen LogP contribution is 2.25. The zero-order valence-corrected chi connectivity index (χ0v) is 20.2. The van der Waals surface area contributed by atoms with Gasteiger partial charge < -0.3 is 32.9 Å². The Morgan fingerprint density at radius 2 is 1.81 bits per heavy atom. The fourth-order valence-electron chi connectivity index (χ4n) is 3.32. The number of guanidine groups is 1. The standard InChI is InChI=1S/C22H27ClF5N7O2/c1-32-9-15(19(31)22(26,27)28)20(37)35-21(33-12-5-10(23)4-11(24)6-12)34-18(30)8-17(29)14-3-2-13(36)7-16(14)25/h2-7,15,17-19,32,36H,8-9,29-31H2,1H3,(H2,33,34,35,37). The average molecular weight is 552 g/mol. The number of phenols is 1. The highest BCUT2D eigenvalue weighted by Gasteiger charge is 2.44. The third-order valence-electron chi connectivity index (χ3n) is 5.11. The lowest BCUT2D eigenvalue weighted by atomic mass is 9.99. The van der Waals surface area contributed by atoms with Crippen LogP contribution in [0.3, 0.4) is 0 Å². The number of aliphatic imine (C=N–C) groups is 1. The van der Waals surface area contributed by atoms with E-state index in [2.05, 4.69) is 20.9 Å². The van der Waals surface area contributed by atoms with Crippen molar-refractivity contribution in [3.8, 4) is 5.75 Å². The maximum absolute atomic E-state index is 14.1. The Hall–Kier alpha value is -3.04. The maximum atomic E-state index is 14.1. The van der Waals surface area contributed by atoms with E-state index >= 15 is 0 Å². The van der Waals surface area contributed by atoms with Crippen molar-refractivity contribution in [3.05, 3.63) is 58.6 Å². The number of hydrogen-bond donors (Lipinski definition) is 7. The first-order chi connectivity index (χ1) is 17.2. The average Bonchev–Trinajstić information content (AvgIpc) is 2.75. The lowest BCUT2D eigenvalue weighted by Crippen LogP contribution is -2.54. The summed E-state index contributed by atoms with van der Waals surface area (Å²) in [6.07, 6.45) is -6.28. The van der Waals surface area contributed by atoms with Gasteiger partial charge >= 0.3 is 6.18 Å². The summed E-state index contributed by atoms with van der Waals surface area (Å²) >= 11 is 5.84. The molecule has 37 heavy (non-hydrogen) atoms. The van der Waals surface area contributed by atoms with Gasteiger partial charge in [0.05, 0.1) is 5.92 Å². The van der Waals surface area contributed by atoms with Crippen LogP contribution in [-0.2, 0) is 4.79 Å². The van der Waals surface area contributed by atoms with Crippen LogP contribution in [-0.4, -0.2) is 48.9 Å². The lowest BCUT2D eigenvalue weighted by Gasteiger charge is -2.25. The molecule has 0 saturated carbocycles. The summed E-state index contributed by atoms with van der Waals surface area (Å²) in [5.74, 6) is -5.23. The van der Waals surface area contributed by atoms with Gasteiger partial charge in [0, 0.05) is 41.3 Å². The van der Waals surface area contributed by atoms with Crippen LogP contribution in [0.1, 0.15) is 18.0 Å². The largest absolute Gasteiger partial charge is 0.508 e. The number of phenolic OH excluding ortho intramolecular Hbond substituents is 1. The molecular formula is C22H27ClF5N7O2. The van der Waals surface area contributed by atoms with Gasteiger partial charge in [0.1, 0.15) is 29.6 Å². The Kier molecular flexibility index (Phi) is 10.6. The molecular weight excluding hydrogens is 525 g/mol. The number of nitrogens with two attached hydrogens (primary N) is 3. The van der Waals surface area contributed by atoms with E-state index in [1.807, 2.05) is 0 Å². The smallest absolute Gasteiger partial charge is 0.404 e. The Balaban J connectivity index is 2.33. The second-order valence-electron chi connectivity index (χ2n) is 8.10. The Bertz CT molecular complexity index is 1100. The Morgan fingerprint density at radius 1 is 1.14 bits per heavy atom. The summed E-state index contributed by atoms with van der Waals surface area (Å²) in [6.45, 7) is -0.428. The van der Waals surface area contributed by atoms with E-state index in [0.29, 0.717) is 0 Å². The normalized spacial score (nSPS) is 15.6. The molecule has 10 N–H and O–H groups in total. The van der Waals surface area contributed by atoms with Crippen molar-refractivity contribution < 1.29 is 31.9 Å². The van der Waals surface area contributed by atoms with E-state index in [1.165, 1.54) is 25.2 Å². The molecule has 0 radical (unpaired) electrons. The third kappa shape index (κ3) is 9.09. The number of carbonyl (C=O) groups is 1. The zero-order chi connectivity index (χ0) is 27.9. The molecule has 9 nitrogen and oxygen atoms in total. The molecule has 0 saturated heterocycles. The fraction of sp³-hybridized carbons (Fsp3) is 0.364. The minimum Gasteiger partial charge on any atom is -0.508 e. The summed E-state index contributed by atoms with van der Waals surface area (Å²) in [5, 5.41) is 16.6. The first kappa shape index (κ1) is 30.2. The first-order valence-corrected chi connectivity index (χ1v) is 11.2. The Morgan fingerprint density at radius 3 is 2.38 bits per heavy atom. The molecule has 15 heteroatoms. The molecule has 0 aliphatic heterocycles. The van der Waals surface area contributed by atoms with Crippen molar-refractivity contribution in [2.75, 3.05) is 18.9 Å². The second kappa shape index (κ2) is 13.0. The van der Waals surface area contributed by atoms with Crippen molar-refractivity contribution >= 4 is 29.2 Å². The van der Waals surface area contributed by atoms with Gasteiger partial charge in [-0.05, 0) is 31.3 Å². The number of halogens is 6. The van der Waals surface area contributed by atoms with Crippen LogP contribution >= 0.6 is 11.6 Å². The first-order valence-electron chi connectivity index (χ1n) is 10.8. The molecule has 1 amide bonds. The molecule has 0 aliphatic rings. The van der Waals surface area contributed by atoms with Crippen molar-refractivity contribution in [2.24, 2.45) is 28.1 Å². The van der Waals surface area contributed by atoms with Gasteiger partial charge in [0.15, 0.2) is 0 Å². The van der Waals surface area contributed by atoms with E-state index in [4.69, 9.17) is 28.8 Å². The number of nitrogens with one attached hydrogen (secondary N) is 3. The topological polar surface area (TPSA) is 164 Å². The molecule has 0 heterocycles. The monoisotopic (exact) mass is 551 g/mol. The predicted molar refractivity (Wildman–Crippen MR) is 130 cm³/mol. The lowest BCUT2D eigenvalue weighted by molar-refractivity contribution is -0.164. The summed E-state index contributed by atoms with van der Waals surface area (Å²) in [6, 6.07) is 3.08. The van der Waals surface area contributed by atoms with Gasteiger partial charge in [-0.15, -0.1) is 0 Å². The fourth-order valence-corrected chi connectivity index (χ4v) is 3.54. The molecule has 2 rings (SSSR count). The minimum atomic E-state index is -4.88. The zero-order valence-electron chi connectivity index (χ0n) is 19.5. The number of benzene rings is 2. The SMILES string of the molecule is CNCC(C(=O)NC(=NC(N)CC(N)c1ccc(O)cc1F)Nc1cc(F)cc(Cl)c1)C(N)C(F)(F)F. The van der Waals surface area contributed by atoms with Crippen LogP contribution in [0.2, 0.25) is 5.02 Å². The maximum Gasteiger partial charge on any atom is 0.404 e. The van der Waals surface area contributed by atoms with Crippen LogP contribution in [0.5, 0.6) is 5.75 Å². The number of hydrogen-bond acceptors (Lipinski definition) is 7. The predicted octanol–water partition coefficient (Wildman–Crippen LogP) is 2.31. The molecule has 204 valence electrons. The summed E-state index contributed by atoms with van der Waals surface area (Å²) in [7, 11) is 1.34. The van der Waals surface area contributed by atoms with Gasteiger partial charge in [-0.3, -0.25) is 10.1 Å². The van der Waals surface area contributed by atoms with E-state index in [9.17, 15) is 31.9 Å². The van der Waals surface area contributed by atoms with Gasteiger partial charge in [0.2, 0.25) is 11.9 Å². The summed E-state index contributed by atoms with van der Waals surface area (Å²) in [4.78, 5) is 16.8. The molecule has 2 aromatic rings.